The maximum absolute atomic E-state index is 13.3. The van der Waals surface area contributed by atoms with E-state index in [2.05, 4.69) is 39.3 Å². The number of aryl methyl sites for hydroxylation is 1. The van der Waals surface area contributed by atoms with Crippen molar-refractivity contribution in [1.82, 2.24) is 14.2 Å². The number of aromatic nitrogens is 1. The molecule has 8 heteroatoms. The minimum Gasteiger partial charge on any atom is -0.318 e. The molecule has 0 fully saturated rings. The van der Waals surface area contributed by atoms with Crippen LogP contribution in [-0.4, -0.2) is 44.1 Å². The van der Waals surface area contributed by atoms with E-state index in [1.54, 1.807) is 0 Å². The Bertz CT molecular complexity index is 1250. The Balaban J connectivity index is 1.26. The average Bonchev–Trinajstić information content (AvgIpc) is 3.08. The lowest BCUT2D eigenvalue weighted by molar-refractivity contribution is 0.293. The van der Waals surface area contributed by atoms with Crippen molar-refractivity contribution in [1.29, 1.82) is 0 Å². The zero-order chi connectivity index (χ0) is 22.7. The molecule has 32 heavy (non-hydrogen) atoms. The van der Waals surface area contributed by atoms with Gasteiger partial charge in [-0.25, -0.2) is 17.5 Å². The first kappa shape index (κ1) is 23.0. The highest BCUT2D eigenvalue weighted by atomic mass is 35.5. The fourth-order valence-electron chi connectivity index (χ4n) is 4.20. The standard InChI is InChI=1S/C24H27ClFN3O2S/c1-18-15-19-16-20(25)7-8-24(19)29(18)22-9-13-28(14-10-22)12-3-2-11-27-32(30,31)23-6-4-5-21(26)17-23/h4-9,15-17,27H,2-3,10-14H2,1H3. The molecule has 4 rings (SSSR count). The van der Waals surface area contributed by atoms with E-state index in [-0.39, 0.29) is 4.90 Å². The third-order valence-corrected chi connectivity index (χ3v) is 7.50. The summed E-state index contributed by atoms with van der Waals surface area (Å²) in [7, 11) is -3.67. The zero-order valence-corrected chi connectivity index (χ0v) is 19.6. The SMILES string of the molecule is Cc1cc2cc(Cl)ccc2n1C1=CCN(CCCCNS(=O)(=O)c2cccc(F)c2)CC1. The van der Waals surface area contributed by atoms with Crippen molar-refractivity contribution in [2.75, 3.05) is 26.2 Å². The molecule has 2 heterocycles. The molecular weight excluding hydrogens is 449 g/mol. The lowest BCUT2D eigenvalue weighted by Crippen LogP contribution is -2.31. The molecule has 0 atom stereocenters. The molecule has 170 valence electrons. The first-order valence-corrected chi connectivity index (χ1v) is 12.6. The van der Waals surface area contributed by atoms with Crippen molar-refractivity contribution in [3.05, 3.63) is 71.1 Å². The normalized spacial score (nSPS) is 15.3. The molecule has 5 nitrogen and oxygen atoms in total. The number of fused-ring (bicyclic) bond motifs is 1. The van der Waals surface area contributed by atoms with E-state index in [0.717, 1.165) is 55.4 Å². The first-order valence-electron chi connectivity index (χ1n) is 10.8. The van der Waals surface area contributed by atoms with Crippen LogP contribution in [0, 0.1) is 12.7 Å². The van der Waals surface area contributed by atoms with Gasteiger partial charge in [-0.15, -0.1) is 0 Å². The summed E-state index contributed by atoms with van der Waals surface area (Å²) in [6.07, 6.45) is 4.85. The van der Waals surface area contributed by atoms with Crippen molar-refractivity contribution < 1.29 is 12.8 Å². The van der Waals surface area contributed by atoms with Crippen LogP contribution in [0.2, 0.25) is 5.02 Å². The summed E-state index contributed by atoms with van der Waals surface area (Å²) in [5.74, 6) is -0.558. The number of unbranched alkanes of at least 4 members (excludes halogenated alkanes) is 1. The van der Waals surface area contributed by atoms with Gasteiger partial charge in [-0.1, -0.05) is 23.7 Å². The molecule has 1 N–H and O–H groups in total. The van der Waals surface area contributed by atoms with Gasteiger partial charge in [0, 0.05) is 47.9 Å². The minimum absolute atomic E-state index is 0.0405. The second-order valence-electron chi connectivity index (χ2n) is 8.13. The number of hydrogen-bond acceptors (Lipinski definition) is 3. The van der Waals surface area contributed by atoms with E-state index in [0.29, 0.717) is 6.54 Å². The molecule has 1 aliphatic heterocycles. The fraction of sp³-hybridized carbons (Fsp3) is 0.333. The lowest BCUT2D eigenvalue weighted by atomic mass is 10.1. The van der Waals surface area contributed by atoms with E-state index in [9.17, 15) is 12.8 Å². The maximum atomic E-state index is 13.3. The lowest BCUT2D eigenvalue weighted by Gasteiger charge is -2.27. The molecule has 1 aromatic heterocycles. The van der Waals surface area contributed by atoms with Crippen molar-refractivity contribution in [3.63, 3.8) is 0 Å². The van der Waals surface area contributed by atoms with E-state index >= 15 is 0 Å². The summed E-state index contributed by atoms with van der Waals surface area (Å²) in [6.45, 7) is 5.20. The molecule has 0 unspecified atom stereocenters. The summed E-state index contributed by atoms with van der Waals surface area (Å²) in [5.41, 5.74) is 3.68. The van der Waals surface area contributed by atoms with Crippen LogP contribution in [0.25, 0.3) is 16.6 Å². The average molecular weight is 476 g/mol. The Labute approximate surface area is 193 Å². The maximum Gasteiger partial charge on any atom is 0.240 e. The van der Waals surface area contributed by atoms with Gasteiger partial charge >= 0.3 is 0 Å². The Morgan fingerprint density at radius 2 is 1.97 bits per heavy atom. The second-order valence-corrected chi connectivity index (χ2v) is 10.3. The first-order chi connectivity index (χ1) is 15.3. The van der Waals surface area contributed by atoms with Crippen LogP contribution in [-0.2, 0) is 10.0 Å². The number of hydrogen-bond donors (Lipinski definition) is 1. The van der Waals surface area contributed by atoms with Gasteiger partial charge in [-0.05, 0) is 68.8 Å². The zero-order valence-electron chi connectivity index (χ0n) is 18.0. The van der Waals surface area contributed by atoms with Gasteiger partial charge in [0.2, 0.25) is 10.0 Å². The largest absolute Gasteiger partial charge is 0.318 e. The highest BCUT2D eigenvalue weighted by Crippen LogP contribution is 2.28. The second kappa shape index (κ2) is 9.75. The van der Waals surface area contributed by atoms with Crippen molar-refractivity contribution in [2.24, 2.45) is 0 Å². The molecule has 0 saturated carbocycles. The summed E-state index contributed by atoms with van der Waals surface area (Å²) in [6, 6.07) is 13.2. The Kier molecular flexibility index (Phi) is 7.00. The van der Waals surface area contributed by atoms with Crippen LogP contribution in [0.3, 0.4) is 0 Å². The van der Waals surface area contributed by atoms with E-state index in [1.807, 2.05) is 12.1 Å². The van der Waals surface area contributed by atoms with E-state index in [1.165, 1.54) is 35.1 Å². The fourth-order valence-corrected chi connectivity index (χ4v) is 5.48. The van der Waals surface area contributed by atoms with E-state index in [4.69, 9.17) is 11.6 Å². The minimum atomic E-state index is -3.67. The molecule has 3 aromatic rings. The predicted octanol–water partition coefficient (Wildman–Crippen LogP) is 5.05. The third-order valence-electron chi connectivity index (χ3n) is 5.80. The molecule has 0 aliphatic carbocycles. The number of benzene rings is 2. The van der Waals surface area contributed by atoms with Gasteiger partial charge in [-0.3, -0.25) is 4.90 Å². The molecule has 0 radical (unpaired) electrons. The molecule has 0 saturated heterocycles. The van der Waals surface area contributed by atoms with E-state index < -0.39 is 15.8 Å². The van der Waals surface area contributed by atoms with Crippen molar-refractivity contribution in [2.45, 2.75) is 31.1 Å². The highest BCUT2D eigenvalue weighted by molar-refractivity contribution is 7.89. The molecule has 0 bridgehead atoms. The van der Waals surface area contributed by atoms with Crippen LogP contribution in [0.4, 0.5) is 4.39 Å². The van der Waals surface area contributed by atoms with Gasteiger partial charge < -0.3 is 4.57 Å². The van der Waals surface area contributed by atoms with Crippen LogP contribution >= 0.6 is 11.6 Å². The van der Waals surface area contributed by atoms with Crippen LogP contribution < -0.4 is 4.72 Å². The number of sulfonamides is 1. The van der Waals surface area contributed by atoms with Gasteiger partial charge in [0.05, 0.1) is 10.4 Å². The third kappa shape index (κ3) is 5.23. The number of nitrogens with zero attached hydrogens (tertiary/aromatic N) is 2. The molecule has 2 aromatic carbocycles. The topological polar surface area (TPSA) is 54.3 Å². The summed E-state index contributed by atoms with van der Waals surface area (Å²) >= 11 is 6.13. The Hall–Kier alpha value is -2.19. The van der Waals surface area contributed by atoms with Gasteiger partial charge in [-0.2, -0.15) is 0 Å². The quantitative estimate of drug-likeness (QED) is 0.464. The van der Waals surface area contributed by atoms with Gasteiger partial charge in [0.25, 0.3) is 0 Å². The van der Waals surface area contributed by atoms with Crippen molar-refractivity contribution >= 4 is 38.2 Å². The van der Waals surface area contributed by atoms with Crippen LogP contribution in [0.1, 0.15) is 25.0 Å². The van der Waals surface area contributed by atoms with Gasteiger partial charge in [0.15, 0.2) is 0 Å². The molecule has 0 amide bonds. The highest BCUT2D eigenvalue weighted by Gasteiger charge is 2.17. The smallest absolute Gasteiger partial charge is 0.240 e. The van der Waals surface area contributed by atoms with Gasteiger partial charge in [0.1, 0.15) is 5.82 Å². The van der Waals surface area contributed by atoms with Crippen LogP contribution in [0.15, 0.2) is 59.5 Å². The predicted molar refractivity (Wildman–Crippen MR) is 128 cm³/mol. The summed E-state index contributed by atoms with van der Waals surface area (Å²) < 4.78 is 42.6. The number of rotatable bonds is 8. The molecule has 1 aliphatic rings. The number of nitrogens with one attached hydrogen (secondary N) is 1. The summed E-state index contributed by atoms with van der Waals surface area (Å²) in [5, 5.41) is 1.90. The molecule has 0 spiro atoms. The Morgan fingerprint density at radius 1 is 1.12 bits per heavy atom. The van der Waals surface area contributed by atoms with Crippen molar-refractivity contribution in [3.8, 4) is 0 Å². The number of halogens is 2. The monoisotopic (exact) mass is 475 g/mol. The molecular formula is C24H27ClFN3O2S. The summed E-state index contributed by atoms with van der Waals surface area (Å²) in [4.78, 5) is 2.34. The van der Waals surface area contributed by atoms with Crippen LogP contribution in [0.5, 0.6) is 0 Å². The Morgan fingerprint density at radius 3 is 2.72 bits per heavy atom.